The zero-order chi connectivity index (χ0) is 18.6. The van der Waals surface area contributed by atoms with Crippen LogP contribution in [0.3, 0.4) is 0 Å². The summed E-state index contributed by atoms with van der Waals surface area (Å²) in [6, 6.07) is 6.66. The zero-order valence-corrected chi connectivity index (χ0v) is 13.7. The van der Waals surface area contributed by atoms with E-state index < -0.39 is 18.7 Å². The van der Waals surface area contributed by atoms with Crippen LogP contribution in [0, 0.1) is 11.3 Å². The monoisotopic (exact) mass is 389 g/mol. The van der Waals surface area contributed by atoms with Crippen LogP contribution >= 0.6 is 23.2 Å². The number of halogens is 5. The maximum Gasteiger partial charge on any atom is 0.422 e. The van der Waals surface area contributed by atoms with Gasteiger partial charge in [-0.05, 0) is 24.3 Å². The standard InChI is InChI=1S/C15H8Cl2F3N3O2/c16-11-4-9(6-22-13(11)17)14(24)23-10-1-2-12(8(3-10)5-21)25-7-15(18,19)20/h1-4,6H,7H2,(H,23,24). The molecule has 0 aliphatic rings. The third-order valence-corrected chi connectivity index (χ3v) is 3.49. The first-order valence-electron chi connectivity index (χ1n) is 6.55. The molecule has 5 nitrogen and oxygen atoms in total. The lowest BCUT2D eigenvalue weighted by atomic mass is 10.2. The molecular weight excluding hydrogens is 382 g/mol. The average molecular weight is 390 g/mol. The van der Waals surface area contributed by atoms with E-state index in [1.54, 1.807) is 6.07 Å². The second-order valence-electron chi connectivity index (χ2n) is 4.68. The Kier molecular flexibility index (Phi) is 5.72. The van der Waals surface area contributed by atoms with Gasteiger partial charge in [-0.25, -0.2) is 4.98 Å². The zero-order valence-electron chi connectivity index (χ0n) is 12.2. The first kappa shape index (κ1) is 18.8. The number of pyridine rings is 1. The summed E-state index contributed by atoms with van der Waals surface area (Å²) in [5.41, 5.74) is 0.145. The van der Waals surface area contributed by atoms with Crippen molar-refractivity contribution in [2.45, 2.75) is 6.18 Å². The van der Waals surface area contributed by atoms with Gasteiger partial charge in [-0.1, -0.05) is 23.2 Å². The predicted molar refractivity (Wildman–Crippen MR) is 84.9 cm³/mol. The Hall–Kier alpha value is -2.50. The number of alkyl halides is 3. The van der Waals surface area contributed by atoms with Crippen molar-refractivity contribution in [1.29, 1.82) is 5.26 Å². The maximum atomic E-state index is 12.2. The van der Waals surface area contributed by atoms with Crippen molar-refractivity contribution >= 4 is 34.8 Å². The maximum absolute atomic E-state index is 12.2. The van der Waals surface area contributed by atoms with Crippen molar-refractivity contribution in [2.24, 2.45) is 0 Å². The van der Waals surface area contributed by atoms with Crippen LogP contribution in [0.5, 0.6) is 5.75 Å². The molecule has 1 aromatic heterocycles. The fraction of sp³-hybridized carbons (Fsp3) is 0.133. The van der Waals surface area contributed by atoms with Gasteiger partial charge in [-0.15, -0.1) is 0 Å². The highest BCUT2D eigenvalue weighted by molar-refractivity contribution is 6.41. The summed E-state index contributed by atoms with van der Waals surface area (Å²) >= 11 is 11.4. The smallest absolute Gasteiger partial charge is 0.422 e. The van der Waals surface area contributed by atoms with E-state index in [1.807, 2.05) is 0 Å². The van der Waals surface area contributed by atoms with Crippen molar-refractivity contribution in [1.82, 2.24) is 4.98 Å². The Morgan fingerprint density at radius 1 is 1.32 bits per heavy atom. The second-order valence-corrected chi connectivity index (χ2v) is 5.44. The van der Waals surface area contributed by atoms with E-state index in [-0.39, 0.29) is 32.7 Å². The number of nitrogens with zero attached hydrogens (tertiary/aromatic N) is 2. The van der Waals surface area contributed by atoms with E-state index in [2.05, 4.69) is 15.0 Å². The number of aromatic nitrogens is 1. The summed E-state index contributed by atoms with van der Waals surface area (Å²) in [5, 5.41) is 11.6. The van der Waals surface area contributed by atoms with Crippen molar-refractivity contribution in [3.05, 3.63) is 51.8 Å². The molecule has 0 saturated heterocycles. The SMILES string of the molecule is N#Cc1cc(NC(=O)c2cnc(Cl)c(Cl)c2)ccc1OCC(F)(F)F. The molecule has 10 heteroatoms. The largest absolute Gasteiger partial charge is 0.483 e. The van der Waals surface area contributed by atoms with Gasteiger partial charge in [0.1, 0.15) is 17.0 Å². The number of carbonyl (C=O) groups is 1. The number of hydrogen-bond acceptors (Lipinski definition) is 4. The lowest BCUT2D eigenvalue weighted by Gasteiger charge is -2.12. The number of rotatable bonds is 4. The van der Waals surface area contributed by atoms with Gasteiger partial charge in [-0.2, -0.15) is 18.4 Å². The van der Waals surface area contributed by atoms with E-state index in [9.17, 15) is 18.0 Å². The molecule has 0 radical (unpaired) electrons. The number of anilines is 1. The van der Waals surface area contributed by atoms with Gasteiger partial charge in [0, 0.05) is 11.9 Å². The molecule has 0 bridgehead atoms. The molecule has 1 aromatic carbocycles. The van der Waals surface area contributed by atoms with Crippen LogP contribution in [-0.2, 0) is 0 Å². The second kappa shape index (κ2) is 7.59. The minimum absolute atomic E-state index is 0.0381. The van der Waals surface area contributed by atoms with E-state index in [1.165, 1.54) is 24.4 Å². The Balaban J connectivity index is 2.16. The van der Waals surface area contributed by atoms with Gasteiger partial charge in [0.05, 0.1) is 16.1 Å². The molecule has 1 N–H and O–H groups in total. The van der Waals surface area contributed by atoms with Crippen LogP contribution < -0.4 is 10.1 Å². The third kappa shape index (κ3) is 5.24. The Morgan fingerprint density at radius 3 is 2.64 bits per heavy atom. The lowest BCUT2D eigenvalue weighted by Crippen LogP contribution is -2.19. The number of nitrogens with one attached hydrogen (secondary N) is 1. The highest BCUT2D eigenvalue weighted by Gasteiger charge is 2.28. The van der Waals surface area contributed by atoms with E-state index in [0.717, 1.165) is 6.07 Å². The quantitative estimate of drug-likeness (QED) is 0.783. The minimum Gasteiger partial charge on any atom is -0.483 e. The fourth-order valence-electron chi connectivity index (χ4n) is 1.73. The molecule has 0 atom stereocenters. The van der Waals surface area contributed by atoms with E-state index in [4.69, 9.17) is 28.5 Å². The normalized spacial score (nSPS) is 10.9. The summed E-state index contributed by atoms with van der Waals surface area (Å²) in [5.74, 6) is -0.826. The number of ether oxygens (including phenoxy) is 1. The summed E-state index contributed by atoms with van der Waals surface area (Å²) in [4.78, 5) is 15.8. The summed E-state index contributed by atoms with van der Waals surface area (Å²) < 4.78 is 41.1. The van der Waals surface area contributed by atoms with Crippen molar-refractivity contribution in [3.63, 3.8) is 0 Å². The van der Waals surface area contributed by atoms with Crippen molar-refractivity contribution < 1.29 is 22.7 Å². The molecule has 0 spiro atoms. The first-order valence-corrected chi connectivity index (χ1v) is 7.31. The van der Waals surface area contributed by atoms with Gasteiger partial charge in [0.2, 0.25) is 0 Å². The molecule has 1 amide bonds. The Labute approximate surface area is 149 Å². The highest BCUT2D eigenvalue weighted by Crippen LogP contribution is 2.25. The number of amides is 1. The highest BCUT2D eigenvalue weighted by atomic mass is 35.5. The van der Waals surface area contributed by atoms with Crippen LogP contribution in [-0.4, -0.2) is 23.7 Å². The summed E-state index contributed by atoms with van der Waals surface area (Å²) in [6.07, 6.45) is -3.32. The average Bonchev–Trinajstić information content (AvgIpc) is 2.55. The van der Waals surface area contributed by atoms with Crippen LogP contribution in [0.2, 0.25) is 10.2 Å². The number of carbonyl (C=O) groups excluding carboxylic acids is 1. The molecular formula is C15H8Cl2F3N3O2. The van der Waals surface area contributed by atoms with Crippen LogP contribution in [0.1, 0.15) is 15.9 Å². The van der Waals surface area contributed by atoms with Gasteiger partial charge in [0.15, 0.2) is 6.61 Å². The van der Waals surface area contributed by atoms with Crippen LogP contribution in [0.4, 0.5) is 18.9 Å². The van der Waals surface area contributed by atoms with Crippen LogP contribution in [0.25, 0.3) is 0 Å². The molecule has 0 aliphatic heterocycles. The topological polar surface area (TPSA) is 75.0 Å². The van der Waals surface area contributed by atoms with Gasteiger partial charge in [0.25, 0.3) is 5.91 Å². The third-order valence-electron chi connectivity index (χ3n) is 2.81. The lowest BCUT2D eigenvalue weighted by molar-refractivity contribution is -0.153. The number of hydrogen-bond donors (Lipinski definition) is 1. The molecule has 2 aromatic rings. The van der Waals surface area contributed by atoms with Crippen LogP contribution in [0.15, 0.2) is 30.5 Å². The Morgan fingerprint density at radius 2 is 2.04 bits per heavy atom. The Bertz CT molecular complexity index is 851. The first-order chi connectivity index (χ1) is 11.7. The molecule has 0 unspecified atom stereocenters. The summed E-state index contributed by atoms with van der Waals surface area (Å²) in [7, 11) is 0. The van der Waals surface area contributed by atoms with Crippen molar-refractivity contribution in [3.8, 4) is 11.8 Å². The molecule has 130 valence electrons. The fourth-order valence-corrected chi connectivity index (χ4v) is 2.00. The minimum atomic E-state index is -4.53. The molecule has 1 heterocycles. The predicted octanol–water partition coefficient (Wildman–Crippen LogP) is 4.45. The van der Waals surface area contributed by atoms with Gasteiger partial charge in [-0.3, -0.25) is 4.79 Å². The van der Waals surface area contributed by atoms with Crippen molar-refractivity contribution in [2.75, 3.05) is 11.9 Å². The van der Waals surface area contributed by atoms with Gasteiger partial charge < -0.3 is 10.1 Å². The van der Waals surface area contributed by atoms with E-state index >= 15 is 0 Å². The molecule has 0 aliphatic carbocycles. The number of benzene rings is 1. The van der Waals surface area contributed by atoms with Gasteiger partial charge >= 0.3 is 6.18 Å². The molecule has 0 saturated carbocycles. The molecule has 0 fully saturated rings. The summed E-state index contributed by atoms with van der Waals surface area (Å²) in [6.45, 7) is -1.53. The van der Waals surface area contributed by atoms with E-state index in [0.29, 0.717) is 0 Å². The number of nitriles is 1. The molecule has 2 rings (SSSR count). The molecule has 25 heavy (non-hydrogen) atoms.